The molecule has 1 saturated heterocycles. The van der Waals surface area contributed by atoms with Crippen LogP contribution in [0.25, 0.3) is 0 Å². The van der Waals surface area contributed by atoms with Crippen LogP contribution in [0.3, 0.4) is 0 Å². The van der Waals surface area contributed by atoms with Gasteiger partial charge < -0.3 is 19.5 Å². The molecule has 2 aromatic rings. The summed E-state index contributed by atoms with van der Waals surface area (Å²) < 4.78 is 28.1. The number of benzene rings is 2. The molecule has 3 rings (SSSR count). The number of nitrogens with one attached hydrogen (secondary N) is 2. The highest BCUT2D eigenvalue weighted by Crippen LogP contribution is 2.23. The summed E-state index contributed by atoms with van der Waals surface area (Å²) in [6, 6.07) is 9.63. The van der Waals surface area contributed by atoms with E-state index in [9.17, 15) is 23.6 Å². The zero-order valence-corrected chi connectivity index (χ0v) is 17.9. The summed E-state index contributed by atoms with van der Waals surface area (Å²) >= 11 is 0. The maximum Gasteiger partial charge on any atom is 0.311 e. The number of nitrogens with zero attached hydrogens (tertiary/aromatic N) is 1. The second-order valence-electron chi connectivity index (χ2n) is 7.11. The fourth-order valence-corrected chi connectivity index (χ4v) is 3.08. The molecule has 2 aromatic carbocycles. The van der Waals surface area contributed by atoms with Crippen LogP contribution in [-0.4, -0.2) is 56.1 Å². The number of carbonyl (C=O) groups excluding carboxylic acids is 4. The van der Waals surface area contributed by atoms with Crippen LogP contribution in [0.1, 0.15) is 16.8 Å². The second-order valence-corrected chi connectivity index (χ2v) is 7.11. The zero-order valence-electron chi connectivity index (χ0n) is 17.9. The van der Waals surface area contributed by atoms with Crippen LogP contribution in [0.15, 0.2) is 42.5 Å². The Hall–Kier alpha value is -4.15. The van der Waals surface area contributed by atoms with E-state index in [2.05, 4.69) is 10.7 Å². The molecule has 0 spiro atoms. The Morgan fingerprint density at radius 2 is 1.70 bits per heavy atom. The molecule has 1 aliphatic heterocycles. The van der Waals surface area contributed by atoms with Gasteiger partial charge in [0.25, 0.3) is 11.8 Å². The average molecular weight is 459 g/mol. The zero-order chi connectivity index (χ0) is 24.0. The fraction of sp³-hybridized carbons (Fsp3) is 0.273. The number of anilines is 1. The Kier molecular flexibility index (Phi) is 7.44. The molecule has 10 nitrogen and oxygen atoms in total. The number of methoxy groups -OCH3 is 2. The normalized spacial score (nSPS) is 15.1. The van der Waals surface area contributed by atoms with Crippen LogP contribution in [0.5, 0.6) is 11.5 Å². The van der Waals surface area contributed by atoms with E-state index in [1.807, 2.05) is 0 Å². The van der Waals surface area contributed by atoms with Gasteiger partial charge in [0.1, 0.15) is 17.3 Å². The van der Waals surface area contributed by atoms with E-state index in [-0.39, 0.29) is 18.5 Å². The van der Waals surface area contributed by atoms with Crippen molar-refractivity contribution in [2.24, 2.45) is 5.92 Å². The van der Waals surface area contributed by atoms with Gasteiger partial charge in [0, 0.05) is 23.7 Å². The summed E-state index contributed by atoms with van der Waals surface area (Å²) in [5.74, 6) is -2.94. The number of rotatable bonds is 8. The standard InChI is InChI=1S/C22H22FN3O7/c1-31-17-7-13(8-18(10-17)32-2)21(29)25-26-11-14(9-20(26)28)22(30)33-12-19(27)24-16-5-3-15(23)4-6-16/h3-8,10,14H,9,11-12H2,1-2H3,(H,24,27)(H,25,29)/t14-/m0/s1. The van der Waals surface area contributed by atoms with Crippen molar-refractivity contribution in [3.8, 4) is 11.5 Å². The third-order valence-corrected chi connectivity index (χ3v) is 4.78. The Balaban J connectivity index is 1.52. The van der Waals surface area contributed by atoms with E-state index in [0.29, 0.717) is 17.2 Å². The van der Waals surface area contributed by atoms with Crippen molar-refractivity contribution in [2.45, 2.75) is 6.42 Å². The molecule has 0 aromatic heterocycles. The van der Waals surface area contributed by atoms with Crippen molar-refractivity contribution in [1.29, 1.82) is 0 Å². The molecule has 1 atom stereocenters. The lowest BCUT2D eigenvalue weighted by molar-refractivity contribution is -0.151. The quantitative estimate of drug-likeness (QED) is 0.574. The first-order valence-corrected chi connectivity index (χ1v) is 9.85. The Morgan fingerprint density at radius 1 is 1.06 bits per heavy atom. The highest BCUT2D eigenvalue weighted by atomic mass is 19.1. The van der Waals surface area contributed by atoms with Crippen LogP contribution < -0.4 is 20.2 Å². The molecule has 2 N–H and O–H groups in total. The smallest absolute Gasteiger partial charge is 0.311 e. The van der Waals surface area contributed by atoms with Crippen molar-refractivity contribution in [1.82, 2.24) is 10.4 Å². The molecule has 0 unspecified atom stereocenters. The Labute approximate surface area is 188 Å². The van der Waals surface area contributed by atoms with Gasteiger partial charge in [-0.15, -0.1) is 0 Å². The van der Waals surface area contributed by atoms with E-state index >= 15 is 0 Å². The first-order chi connectivity index (χ1) is 15.8. The maximum atomic E-state index is 12.9. The molecular weight excluding hydrogens is 437 g/mol. The molecule has 0 bridgehead atoms. The number of hydrogen-bond acceptors (Lipinski definition) is 7. The third kappa shape index (κ3) is 6.19. The van der Waals surface area contributed by atoms with Gasteiger partial charge in [-0.2, -0.15) is 0 Å². The van der Waals surface area contributed by atoms with Crippen LogP contribution in [0.2, 0.25) is 0 Å². The van der Waals surface area contributed by atoms with Crippen molar-refractivity contribution in [3.63, 3.8) is 0 Å². The van der Waals surface area contributed by atoms with E-state index in [1.54, 1.807) is 6.07 Å². The summed E-state index contributed by atoms with van der Waals surface area (Å²) in [6.45, 7) is -0.680. The lowest BCUT2D eigenvalue weighted by Crippen LogP contribution is -2.43. The molecular formula is C22H22FN3O7. The molecule has 33 heavy (non-hydrogen) atoms. The predicted octanol–water partition coefficient (Wildman–Crippen LogP) is 1.52. The number of hydrazine groups is 1. The predicted molar refractivity (Wildman–Crippen MR) is 113 cm³/mol. The second kappa shape index (κ2) is 10.4. The van der Waals surface area contributed by atoms with Gasteiger partial charge in [-0.3, -0.25) is 29.6 Å². The summed E-state index contributed by atoms with van der Waals surface area (Å²) in [5, 5.41) is 3.48. The summed E-state index contributed by atoms with van der Waals surface area (Å²) in [4.78, 5) is 49.0. The van der Waals surface area contributed by atoms with Crippen LogP contribution in [0, 0.1) is 11.7 Å². The van der Waals surface area contributed by atoms with Gasteiger partial charge in [0.05, 0.1) is 26.7 Å². The van der Waals surface area contributed by atoms with Gasteiger partial charge in [0.15, 0.2) is 6.61 Å². The Bertz CT molecular complexity index is 1040. The lowest BCUT2D eigenvalue weighted by atomic mass is 10.1. The highest BCUT2D eigenvalue weighted by molar-refractivity contribution is 5.97. The van der Waals surface area contributed by atoms with Crippen LogP contribution in [-0.2, 0) is 19.1 Å². The van der Waals surface area contributed by atoms with Crippen molar-refractivity contribution in [2.75, 3.05) is 32.7 Å². The first kappa shape index (κ1) is 23.5. The molecule has 1 aliphatic rings. The summed E-state index contributed by atoms with van der Waals surface area (Å²) in [5.41, 5.74) is 2.99. The maximum absolute atomic E-state index is 12.9. The molecule has 1 heterocycles. The minimum atomic E-state index is -0.851. The molecule has 11 heteroatoms. The number of hydrogen-bond donors (Lipinski definition) is 2. The van der Waals surface area contributed by atoms with E-state index in [4.69, 9.17) is 14.2 Å². The molecule has 0 aliphatic carbocycles. The Morgan fingerprint density at radius 3 is 2.30 bits per heavy atom. The van der Waals surface area contributed by atoms with E-state index in [0.717, 1.165) is 5.01 Å². The van der Waals surface area contributed by atoms with Gasteiger partial charge in [-0.25, -0.2) is 4.39 Å². The highest BCUT2D eigenvalue weighted by Gasteiger charge is 2.36. The molecule has 0 radical (unpaired) electrons. The monoisotopic (exact) mass is 459 g/mol. The fourth-order valence-electron chi connectivity index (χ4n) is 3.08. The average Bonchev–Trinajstić information content (AvgIpc) is 3.18. The minimum absolute atomic E-state index is 0.107. The number of amides is 3. The molecule has 0 saturated carbocycles. The van der Waals surface area contributed by atoms with Crippen molar-refractivity contribution >= 4 is 29.4 Å². The van der Waals surface area contributed by atoms with E-state index < -0.39 is 42.0 Å². The van der Waals surface area contributed by atoms with E-state index in [1.165, 1.54) is 50.6 Å². The topological polar surface area (TPSA) is 123 Å². The number of carbonyl (C=O) groups is 4. The van der Waals surface area contributed by atoms with Gasteiger partial charge in [-0.05, 0) is 36.4 Å². The van der Waals surface area contributed by atoms with Crippen molar-refractivity contribution in [3.05, 3.63) is 53.8 Å². The first-order valence-electron chi connectivity index (χ1n) is 9.85. The number of ether oxygens (including phenoxy) is 3. The molecule has 174 valence electrons. The summed E-state index contributed by atoms with van der Waals surface area (Å²) in [6.07, 6.45) is -0.180. The van der Waals surface area contributed by atoms with Crippen LogP contribution >= 0.6 is 0 Å². The SMILES string of the molecule is COc1cc(OC)cc(C(=O)NN2C[C@@H](C(=O)OCC(=O)Nc3ccc(F)cc3)CC2=O)c1. The van der Waals surface area contributed by atoms with Gasteiger partial charge in [0.2, 0.25) is 5.91 Å². The van der Waals surface area contributed by atoms with Gasteiger partial charge >= 0.3 is 5.97 Å². The summed E-state index contributed by atoms with van der Waals surface area (Å²) in [7, 11) is 2.88. The number of halogens is 1. The number of esters is 1. The third-order valence-electron chi connectivity index (χ3n) is 4.78. The largest absolute Gasteiger partial charge is 0.497 e. The minimum Gasteiger partial charge on any atom is -0.497 e. The molecule has 1 fully saturated rings. The van der Waals surface area contributed by atoms with Crippen LogP contribution in [0.4, 0.5) is 10.1 Å². The molecule has 3 amide bonds. The van der Waals surface area contributed by atoms with Gasteiger partial charge in [-0.1, -0.05) is 0 Å². The van der Waals surface area contributed by atoms with Crippen molar-refractivity contribution < 1.29 is 37.8 Å². The lowest BCUT2D eigenvalue weighted by Gasteiger charge is -2.18.